The summed E-state index contributed by atoms with van der Waals surface area (Å²) in [4.78, 5) is 13.5. The van der Waals surface area contributed by atoms with Crippen molar-refractivity contribution in [2.75, 3.05) is 6.26 Å². The van der Waals surface area contributed by atoms with Gasteiger partial charge in [-0.15, -0.1) is 11.8 Å². The molecule has 1 fully saturated rings. The number of Topliss-reactive ketones (excluding diaryl/α,β-unsaturated/α-hetero) is 1. The minimum atomic E-state index is 0.280. The van der Waals surface area contributed by atoms with Gasteiger partial charge in [0.05, 0.1) is 0 Å². The smallest absolute Gasteiger partial charge is 0.167 e. The molecule has 0 N–H and O–H groups in total. The highest BCUT2D eigenvalue weighted by Crippen LogP contribution is 2.30. The van der Waals surface area contributed by atoms with E-state index in [0.717, 1.165) is 23.3 Å². The van der Waals surface area contributed by atoms with Gasteiger partial charge < -0.3 is 0 Å². The molecule has 0 aliphatic heterocycles. The summed E-state index contributed by atoms with van der Waals surface area (Å²) in [7, 11) is 0. The Kier molecular flexibility index (Phi) is 4.05. The molecule has 2 heteroatoms. The minimum absolute atomic E-state index is 0.280. The Bertz CT molecular complexity index is 367. The van der Waals surface area contributed by atoms with Crippen LogP contribution in [0.5, 0.6) is 0 Å². The average Bonchev–Trinajstić information content (AvgIpc) is 2.39. The first kappa shape index (κ1) is 11.7. The van der Waals surface area contributed by atoms with Crippen molar-refractivity contribution in [1.29, 1.82) is 0 Å². The van der Waals surface area contributed by atoms with Gasteiger partial charge in [-0.05, 0) is 25.2 Å². The lowest BCUT2D eigenvalue weighted by atomic mass is 9.84. The highest BCUT2D eigenvalue weighted by Gasteiger charge is 2.23. The predicted octanol–water partition coefficient (Wildman–Crippen LogP) is 4.17. The van der Waals surface area contributed by atoms with Crippen molar-refractivity contribution < 1.29 is 4.79 Å². The molecule has 0 saturated heterocycles. The number of hydrogen-bond acceptors (Lipinski definition) is 2. The SMILES string of the molecule is CSc1ccccc1C(=O)C1CCCCC1. The summed E-state index contributed by atoms with van der Waals surface area (Å²) < 4.78 is 0. The zero-order valence-electron chi connectivity index (χ0n) is 9.74. The van der Waals surface area contributed by atoms with Gasteiger partial charge in [0.1, 0.15) is 0 Å². The molecule has 0 atom stereocenters. The second-order valence-corrected chi connectivity index (χ2v) is 5.25. The summed E-state index contributed by atoms with van der Waals surface area (Å²) >= 11 is 1.67. The fourth-order valence-corrected chi connectivity index (χ4v) is 3.04. The van der Waals surface area contributed by atoms with E-state index >= 15 is 0 Å². The van der Waals surface area contributed by atoms with Gasteiger partial charge in [-0.25, -0.2) is 0 Å². The number of hydrogen-bond donors (Lipinski definition) is 0. The maximum atomic E-state index is 12.4. The van der Waals surface area contributed by atoms with Gasteiger partial charge in [-0.1, -0.05) is 37.5 Å². The highest BCUT2D eigenvalue weighted by atomic mass is 32.2. The van der Waals surface area contributed by atoms with Crippen molar-refractivity contribution in [3.05, 3.63) is 29.8 Å². The van der Waals surface area contributed by atoms with Crippen LogP contribution in [-0.4, -0.2) is 12.0 Å². The summed E-state index contributed by atoms with van der Waals surface area (Å²) in [5, 5.41) is 0. The third-order valence-electron chi connectivity index (χ3n) is 3.35. The van der Waals surface area contributed by atoms with Gasteiger partial charge in [-0.3, -0.25) is 4.79 Å². The molecule has 1 aliphatic rings. The molecule has 1 aromatic carbocycles. The monoisotopic (exact) mass is 234 g/mol. The van der Waals surface area contributed by atoms with E-state index in [2.05, 4.69) is 0 Å². The Hall–Kier alpha value is -0.760. The van der Waals surface area contributed by atoms with Gasteiger partial charge in [-0.2, -0.15) is 0 Å². The van der Waals surface area contributed by atoms with Crippen LogP contribution in [0.4, 0.5) is 0 Å². The molecular formula is C14H18OS. The molecule has 0 aromatic heterocycles. The maximum absolute atomic E-state index is 12.4. The van der Waals surface area contributed by atoms with Gasteiger partial charge in [0.15, 0.2) is 5.78 Å². The van der Waals surface area contributed by atoms with Gasteiger partial charge in [0, 0.05) is 16.4 Å². The molecule has 0 bridgehead atoms. The van der Waals surface area contributed by atoms with E-state index in [4.69, 9.17) is 0 Å². The van der Waals surface area contributed by atoms with Gasteiger partial charge in [0.25, 0.3) is 0 Å². The van der Waals surface area contributed by atoms with Crippen LogP contribution in [0.1, 0.15) is 42.5 Å². The molecule has 1 saturated carbocycles. The Balaban J connectivity index is 2.19. The summed E-state index contributed by atoms with van der Waals surface area (Å²) in [6, 6.07) is 7.99. The van der Waals surface area contributed by atoms with E-state index < -0.39 is 0 Å². The van der Waals surface area contributed by atoms with Crippen molar-refractivity contribution in [2.24, 2.45) is 5.92 Å². The van der Waals surface area contributed by atoms with Gasteiger partial charge >= 0.3 is 0 Å². The standard InChI is InChI=1S/C14H18OS/c1-16-13-10-6-5-9-12(13)14(15)11-7-3-2-4-8-11/h5-6,9-11H,2-4,7-8H2,1H3. The lowest BCUT2D eigenvalue weighted by molar-refractivity contribution is 0.0886. The molecule has 0 radical (unpaired) electrons. The lowest BCUT2D eigenvalue weighted by Crippen LogP contribution is -2.18. The summed E-state index contributed by atoms with van der Waals surface area (Å²) in [5.74, 6) is 0.645. The number of ketones is 1. The van der Waals surface area contributed by atoms with Crippen LogP contribution < -0.4 is 0 Å². The number of rotatable bonds is 3. The normalized spacial score (nSPS) is 17.3. The fraction of sp³-hybridized carbons (Fsp3) is 0.500. The quantitative estimate of drug-likeness (QED) is 0.576. The van der Waals surface area contributed by atoms with E-state index in [1.54, 1.807) is 11.8 Å². The average molecular weight is 234 g/mol. The molecule has 16 heavy (non-hydrogen) atoms. The number of carbonyl (C=O) groups excluding carboxylic acids is 1. The molecule has 2 rings (SSSR count). The molecular weight excluding hydrogens is 216 g/mol. The Labute approximate surface area is 102 Å². The van der Waals surface area contributed by atoms with Crippen LogP contribution in [0.15, 0.2) is 29.2 Å². The first-order chi connectivity index (χ1) is 7.83. The van der Waals surface area contributed by atoms with Crippen LogP contribution >= 0.6 is 11.8 Å². The van der Waals surface area contributed by atoms with Crippen molar-refractivity contribution in [2.45, 2.75) is 37.0 Å². The zero-order valence-corrected chi connectivity index (χ0v) is 10.6. The van der Waals surface area contributed by atoms with Crippen molar-refractivity contribution in [1.82, 2.24) is 0 Å². The molecule has 1 aliphatic carbocycles. The topological polar surface area (TPSA) is 17.1 Å². The van der Waals surface area contributed by atoms with Crippen LogP contribution in [-0.2, 0) is 0 Å². The Morgan fingerprint density at radius 2 is 1.88 bits per heavy atom. The summed E-state index contributed by atoms with van der Waals surface area (Å²) in [5.41, 5.74) is 0.932. The largest absolute Gasteiger partial charge is 0.294 e. The maximum Gasteiger partial charge on any atom is 0.167 e. The first-order valence-corrected chi connectivity index (χ1v) is 7.22. The van der Waals surface area contributed by atoms with E-state index in [1.807, 2.05) is 30.5 Å². The van der Waals surface area contributed by atoms with Crippen LogP contribution in [0.2, 0.25) is 0 Å². The second-order valence-electron chi connectivity index (χ2n) is 4.40. The number of benzene rings is 1. The van der Waals surface area contributed by atoms with Crippen molar-refractivity contribution in [3.63, 3.8) is 0 Å². The predicted molar refractivity (Wildman–Crippen MR) is 69.1 cm³/mol. The van der Waals surface area contributed by atoms with Crippen LogP contribution in [0.3, 0.4) is 0 Å². The summed E-state index contributed by atoms with van der Waals surface area (Å²) in [6.07, 6.45) is 7.94. The Morgan fingerprint density at radius 1 is 1.19 bits per heavy atom. The van der Waals surface area contributed by atoms with E-state index in [-0.39, 0.29) is 5.92 Å². The van der Waals surface area contributed by atoms with E-state index in [1.165, 1.54) is 19.3 Å². The van der Waals surface area contributed by atoms with E-state index in [9.17, 15) is 4.79 Å². The van der Waals surface area contributed by atoms with E-state index in [0.29, 0.717) is 5.78 Å². The van der Waals surface area contributed by atoms with Crippen molar-refractivity contribution in [3.8, 4) is 0 Å². The Morgan fingerprint density at radius 3 is 2.56 bits per heavy atom. The minimum Gasteiger partial charge on any atom is -0.294 e. The third-order valence-corrected chi connectivity index (χ3v) is 4.14. The number of thioether (sulfide) groups is 1. The molecule has 86 valence electrons. The fourth-order valence-electron chi connectivity index (χ4n) is 2.43. The lowest BCUT2D eigenvalue weighted by Gasteiger charge is -2.21. The van der Waals surface area contributed by atoms with Gasteiger partial charge in [0.2, 0.25) is 0 Å². The third kappa shape index (κ3) is 2.49. The second kappa shape index (κ2) is 5.53. The molecule has 0 spiro atoms. The zero-order chi connectivity index (χ0) is 11.4. The van der Waals surface area contributed by atoms with Crippen molar-refractivity contribution >= 4 is 17.5 Å². The summed E-state index contributed by atoms with van der Waals surface area (Å²) in [6.45, 7) is 0. The highest BCUT2D eigenvalue weighted by molar-refractivity contribution is 7.98. The molecule has 0 unspecified atom stereocenters. The molecule has 1 aromatic rings. The number of carbonyl (C=O) groups is 1. The molecule has 1 nitrogen and oxygen atoms in total. The van der Waals surface area contributed by atoms with Crippen LogP contribution in [0, 0.1) is 5.92 Å². The molecule has 0 heterocycles. The molecule has 0 amide bonds. The van der Waals surface area contributed by atoms with Crippen LogP contribution in [0.25, 0.3) is 0 Å². The first-order valence-electron chi connectivity index (χ1n) is 6.00.